The second-order valence-electron chi connectivity index (χ2n) is 12.0. The highest BCUT2D eigenvalue weighted by molar-refractivity contribution is 5.86. The molecule has 1 saturated heterocycles. The van der Waals surface area contributed by atoms with Gasteiger partial charge in [-0.25, -0.2) is 9.78 Å². The Morgan fingerprint density at radius 3 is 2.27 bits per heavy atom. The van der Waals surface area contributed by atoms with Crippen molar-refractivity contribution < 1.29 is 24.1 Å². The lowest BCUT2D eigenvalue weighted by molar-refractivity contribution is -0.160. The van der Waals surface area contributed by atoms with E-state index in [1.165, 1.54) is 0 Å². The molecule has 2 aromatic heterocycles. The number of carboxylic acid groups (broad SMARTS) is 1. The lowest BCUT2D eigenvalue weighted by Gasteiger charge is -2.40. The first-order valence-electron chi connectivity index (χ1n) is 13.9. The van der Waals surface area contributed by atoms with Gasteiger partial charge in [0.1, 0.15) is 19.0 Å². The fourth-order valence-corrected chi connectivity index (χ4v) is 4.84. The van der Waals surface area contributed by atoms with Gasteiger partial charge in [0, 0.05) is 53.9 Å². The van der Waals surface area contributed by atoms with Crippen molar-refractivity contribution in [2.75, 3.05) is 31.2 Å². The van der Waals surface area contributed by atoms with Crippen LogP contribution < -0.4 is 14.4 Å². The van der Waals surface area contributed by atoms with Gasteiger partial charge in [-0.3, -0.25) is 4.98 Å². The summed E-state index contributed by atoms with van der Waals surface area (Å²) in [5, 5.41) is 10.3. The molecule has 0 bridgehead atoms. The summed E-state index contributed by atoms with van der Waals surface area (Å²) in [5.74, 6) is 0.248. The Bertz CT molecular complexity index is 1280. The summed E-state index contributed by atoms with van der Waals surface area (Å²) in [4.78, 5) is 24.0. The third-order valence-corrected chi connectivity index (χ3v) is 7.07. The lowest BCUT2D eigenvalue weighted by Crippen LogP contribution is -2.39. The highest BCUT2D eigenvalue weighted by Crippen LogP contribution is 2.43. The van der Waals surface area contributed by atoms with Crippen LogP contribution in [0.1, 0.15) is 64.8 Å². The monoisotopic (exact) mass is 547 g/mol. The van der Waals surface area contributed by atoms with Crippen molar-refractivity contribution >= 4 is 11.7 Å². The molecule has 0 radical (unpaired) electrons. The smallest absolute Gasteiger partial charge is 0.337 e. The second-order valence-corrected chi connectivity index (χ2v) is 12.0. The summed E-state index contributed by atoms with van der Waals surface area (Å²) in [6.45, 7) is 14.4. The predicted molar refractivity (Wildman–Crippen MR) is 156 cm³/mol. The Balaban J connectivity index is 1.63. The van der Waals surface area contributed by atoms with Gasteiger partial charge in [0.15, 0.2) is 6.10 Å². The Morgan fingerprint density at radius 1 is 1.00 bits per heavy atom. The van der Waals surface area contributed by atoms with Gasteiger partial charge < -0.3 is 24.2 Å². The first kappa shape index (κ1) is 29.3. The number of aromatic nitrogens is 2. The fraction of sp³-hybridized carbons (Fsp3) is 0.469. The number of aliphatic carboxylic acids is 1. The zero-order valence-corrected chi connectivity index (χ0v) is 24.4. The maximum atomic E-state index is 12.6. The van der Waals surface area contributed by atoms with Crippen LogP contribution in [0.2, 0.25) is 0 Å². The number of aryl methyl sites for hydroxylation is 1. The Labute approximate surface area is 237 Å². The molecule has 1 N–H and O–H groups in total. The molecule has 8 heteroatoms. The summed E-state index contributed by atoms with van der Waals surface area (Å²) in [6.07, 6.45) is 4.41. The highest BCUT2D eigenvalue weighted by atomic mass is 16.5. The largest absolute Gasteiger partial charge is 0.490 e. The number of hydrogen-bond acceptors (Lipinski definition) is 7. The number of anilines is 1. The maximum absolute atomic E-state index is 12.6. The van der Waals surface area contributed by atoms with E-state index in [9.17, 15) is 9.90 Å². The number of carboxylic acids is 1. The minimum absolute atomic E-state index is 0.234. The van der Waals surface area contributed by atoms with E-state index in [1.54, 1.807) is 6.20 Å². The molecule has 40 heavy (non-hydrogen) atoms. The van der Waals surface area contributed by atoms with E-state index in [0.717, 1.165) is 48.5 Å². The van der Waals surface area contributed by atoms with E-state index in [1.807, 2.05) is 76.4 Å². The van der Waals surface area contributed by atoms with Crippen LogP contribution in [0.4, 0.5) is 5.69 Å². The van der Waals surface area contributed by atoms with Gasteiger partial charge in [-0.05, 0) is 64.2 Å². The first-order valence-corrected chi connectivity index (χ1v) is 13.9. The van der Waals surface area contributed by atoms with Gasteiger partial charge in [-0.15, -0.1) is 0 Å². The van der Waals surface area contributed by atoms with Crippen LogP contribution in [0.3, 0.4) is 0 Å². The number of hydrogen-bond donors (Lipinski definition) is 1. The van der Waals surface area contributed by atoms with Crippen LogP contribution in [-0.2, 0) is 9.53 Å². The van der Waals surface area contributed by atoms with Crippen LogP contribution in [0.15, 0.2) is 54.9 Å². The summed E-state index contributed by atoms with van der Waals surface area (Å²) in [5.41, 5.74) is 3.34. The predicted octanol–water partition coefficient (Wildman–Crippen LogP) is 6.48. The molecule has 1 fully saturated rings. The molecule has 1 aromatic carbocycles. The van der Waals surface area contributed by atoms with Gasteiger partial charge in [-0.1, -0.05) is 32.0 Å². The SMILES string of the molecule is Cc1ncc(-c2ccc(OCCOc3ccccc3)nc2)c(N2CCC(C)(C)CC2)c1[C@H](OC(C)(C)C)C(=O)O. The lowest BCUT2D eigenvalue weighted by atomic mass is 9.82. The van der Waals surface area contributed by atoms with Crippen molar-refractivity contribution in [1.82, 2.24) is 9.97 Å². The minimum Gasteiger partial charge on any atom is -0.490 e. The van der Waals surface area contributed by atoms with Gasteiger partial charge in [0.05, 0.1) is 11.3 Å². The molecule has 0 spiro atoms. The second kappa shape index (κ2) is 12.3. The topological polar surface area (TPSA) is 94.0 Å². The van der Waals surface area contributed by atoms with Crippen molar-refractivity contribution in [3.05, 3.63) is 66.1 Å². The van der Waals surface area contributed by atoms with Crippen molar-refractivity contribution in [1.29, 1.82) is 0 Å². The molecular weight excluding hydrogens is 506 g/mol. The molecule has 0 amide bonds. The third-order valence-electron chi connectivity index (χ3n) is 7.07. The molecule has 214 valence electrons. The minimum atomic E-state index is -1.16. The number of para-hydroxylation sites is 1. The van der Waals surface area contributed by atoms with Crippen molar-refractivity contribution in [3.63, 3.8) is 0 Å². The number of piperidine rings is 1. The zero-order chi connectivity index (χ0) is 28.9. The van der Waals surface area contributed by atoms with Gasteiger partial charge >= 0.3 is 5.97 Å². The fourth-order valence-electron chi connectivity index (χ4n) is 4.84. The molecule has 0 aliphatic carbocycles. The number of carbonyl (C=O) groups is 1. The quantitative estimate of drug-likeness (QED) is 0.288. The van der Waals surface area contributed by atoms with Gasteiger partial charge in [0.25, 0.3) is 0 Å². The van der Waals surface area contributed by atoms with E-state index < -0.39 is 17.7 Å². The summed E-state index contributed by atoms with van der Waals surface area (Å²) < 4.78 is 17.6. The van der Waals surface area contributed by atoms with Gasteiger partial charge in [-0.2, -0.15) is 0 Å². The van der Waals surface area contributed by atoms with Crippen molar-refractivity contribution in [2.45, 2.75) is 66.1 Å². The van der Waals surface area contributed by atoms with Crippen LogP contribution in [0, 0.1) is 12.3 Å². The number of benzene rings is 1. The highest BCUT2D eigenvalue weighted by Gasteiger charge is 2.35. The average molecular weight is 548 g/mol. The number of ether oxygens (including phenoxy) is 3. The standard InChI is InChI=1S/C32H41N3O5/c1-22-27(29(30(36)37)40-31(2,3)4)28(35-16-14-32(5,6)15-17-35)25(21-33-22)23-12-13-26(34-20-23)39-19-18-38-24-10-8-7-9-11-24/h7-13,20-21,29H,14-19H2,1-6H3,(H,36,37)/t29-/m0/s1. The molecule has 8 nitrogen and oxygen atoms in total. The van der Waals surface area contributed by atoms with E-state index in [2.05, 4.69) is 28.7 Å². The first-order chi connectivity index (χ1) is 18.9. The number of rotatable bonds is 10. The molecule has 0 unspecified atom stereocenters. The van der Waals surface area contributed by atoms with Gasteiger partial charge in [0.2, 0.25) is 5.88 Å². The van der Waals surface area contributed by atoms with E-state index in [0.29, 0.717) is 30.4 Å². The van der Waals surface area contributed by atoms with E-state index in [-0.39, 0.29) is 5.41 Å². The molecule has 0 saturated carbocycles. The Kier molecular flexibility index (Phi) is 8.98. The number of nitrogens with zero attached hydrogens (tertiary/aromatic N) is 3. The van der Waals surface area contributed by atoms with Crippen LogP contribution in [0.5, 0.6) is 11.6 Å². The summed E-state index contributed by atoms with van der Waals surface area (Å²) >= 11 is 0. The summed E-state index contributed by atoms with van der Waals surface area (Å²) in [7, 11) is 0. The average Bonchev–Trinajstić information content (AvgIpc) is 2.90. The number of pyridine rings is 2. The molecule has 1 aliphatic rings. The molecule has 3 heterocycles. The molecule has 1 atom stereocenters. The normalized spacial score (nSPS) is 15.9. The van der Waals surface area contributed by atoms with E-state index >= 15 is 0 Å². The molecular formula is C32H41N3O5. The molecule has 3 aromatic rings. The van der Waals surface area contributed by atoms with Crippen LogP contribution >= 0.6 is 0 Å². The van der Waals surface area contributed by atoms with Crippen LogP contribution in [-0.4, -0.2) is 52.9 Å². The van der Waals surface area contributed by atoms with E-state index in [4.69, 9.17) is 14.2 Å². The Hall–Kier alpha value is -3.65. The summed E-state index contributed by atoms with van der Waals surface area (Å²) in [6, 6.07) is 13.4. The van der Waals surface area contributed by atoms with Crippen molar-refractivity contribution in [2.24, 2.45) is 5.41 Å². The zero-order valence-electron chi connectivity index (χ0n) is 24.4. The van der Waals surface area contributed by atoms with Crippen LogP contribution in [0.25, 0.3) is 11.1 Å². The molecule has 1 aliphatic heterocycles. The molecule has 4 rings (SSSR count). The Morgan fingerprint density at radius 2 is 1.68 bits per heavy atom. The third kappa shape index (κ3) is 7.50. The van der Waals surface area contributed by atoms with Crippen molar-refractivity contribution in [3.8, 4) is 22.8 Å². The maximum Gasteiger partial charge on any atom is 0.337 e.